The maximum absolute atomic E-state index is 11.1. The fourth-order valence-corrected chi connectivity index (χ4v) is 0.846. The molecule has 0 radical (unpaired) electrons. The van der Waals surface area contributed by atoms with E-state index in [1.807, 2.05) is 25.1 Å². The first-order chi connectivity index (χ1) is 5.34. The van der Waals surface area contributed by atoms with Crippen LogP contribution < -0.4 is 0 Å². The van der Waals surface area contributed by atoms with Gasteiger partial charge in [0, 0.05) is 18.6 Å². The molecule has 0 fully saturated rings. The van der Waals surface area contributed by atoms with Gasteiger partial charge in [0.2, 0.25) is 5.69 Å². The lowest BCUT2D eigenvalue weighted by molar-refractivity contribution is -0.356. The van der Waals surface area contributed by atoms with Crippen LogP contribution in [0.3, 0.4) is 0 Å². The standard InChI is InChI=1S/C9H11NO/c1-2-8-10(11)9-6-4-3-5-7-9/h3-8H,2H2,1H3. The molecule has 1 aromatic carbocycles. The van der Waals surface area contributed by atoms with Gasteiger partial charge in [0.25, 0.3) is 0 Å². The minimum absolute atomic E-state index is 0.689. The molecule has 0 aliphatic heterocycles. The summed E-state index contributed by atoms with van der Waals surface area (Å²) in [7, 11) is 0. The molecule has 0 saturated carbocycles. The van der Waals surface area contributed by atoms with Crippen LogP contribution in [0.25, 0.3) is 0 Å². The van der Waals surface area contributed by atoms with E-state index >= 15 is 0 Å². The Morgan fingerprint density at radius 1 is 1.36 bits per heavy atom. The fraction of sp³-hybridized carbons (Fsp3) is 0.222. The highest BCUT2D eigenvalue weighted by Crippen LogP contribution is 2.07. The van der Waals surface area contributed by atoms with Crippen molar-refractivity contribution in [2.45, 2.75) is 13.3 Å². The zero-order chi connectivity index (χ0) is 8.10. The predicted octanol–water partition coefficient (Wildman–Crippen LogP) is 2.31. The maximum atomic E-state index is 11.1. The van der Waals surface area contributed by atoms with Crippen molar-refractivity contribution in [1.29, 1.82) is 0 Å². The highest BCUT2D eigenvalue weighted by atomic mass is 16.5. The van der Waals surface area contributed by atoms with Gasteiger partial charge >= 0.3 is 0 Å². The number of para-hydroxylation sites is 1. The highest BCUT2D eigenvalue weighted by Gasteiger charge is 1.95. The molecule has 0 saturated heterocycles. The Hall–Kier alpha value is -1.31. The fourth-order valence-electron chi connectivity index (χ4n) is 0.846. The van der Waals surface area contributed by atoms with Crippen LogP contribution in [-0.2, 0) is 0 Å². The van der Waals surface area contributed by atoms with Crippen LogP contribution in [-0.4, -0.2) is 11.0 Å². The normalized spacial score (nSPS) is 11.5. The molecule has 0 aliphatic carbocycles. The summed E-state index contributed by atoms with van der Waals surface area (Å²) in [6, 6.07) is 9.18. The molecule has 0 spiro atoms. The van der Waals surface area contributed by atoms with E-state index in [0.717, 1.165) is 11.2 Å². The topological polar surface area (TPSA) is 26.1 Å². The van der Waals surface area contributed by atoms with Gasteiger partial charge in [-0.25, -0.2) is 0 Å². The van der Waals surface area contributed by atoms with Crippen molar-refractivity contribution in [3.8, 4) is 0 Å². The molecule has 0 heterocycles. The lowest BCUT2D eigenvalue weighted by Gasteiger charge is -2.00. The average molecular weight is 149 g/mol. The Balaban J connectivity index is 2.85. The summed E-state index contributed by atoms with van der Waals surface area (Å²) in [5.74, 6) is 0. The Labute approximate surface area is 66.4 Å². The summed E-state index contributed by atoms with van der Waals surface area (Å²) < 4.78 is 0.889. The Morgan fingerprint density at radius 2 is 2.00 bits per heavy atom. The maximum Gasteiger partial charge on any atom is 0.216 e. The molecule has 0 bridgehead atoms. The third kappa shape index (κ3) is 2.08. The predicted molar refractivity (Wildman–Crippen MR) is 46.1 cm³/mol. The van der Waals surface area contributed by atoms with Crippen LogP contribution in [0.1, 0.15) is 13.3 Å². The van der Waals surface area contributed by atoms with Crippen LogP contribution in [0.5, 0.6) is 0 Å². The van der Waals surface area contributed by atoms with Crippen LogP contribution in [0, 0.1) is 5.21 Å². The van der Waals surface area contributed by atoms with Gasteiger partial charge < -0.3 is 5.21 Å². The van der Waals surface area contributed by atoms with Gasteiger partial charge in [-0.1, -0.05) is 25.1 Å². The van der Waals surface area contributed by atoms with Gasteiger partial charge in [-0.3, -0.25) is 0 Å². The zero-order valence-corrected chi connectivity index (χ0v) is 6.53. The van der Waals surface area contributed by atoms with Crippen molar-refractivity contribution in [3.05, 3.63) is 35.5 Å². The SMILES string of the molecule is CCC=[N+]([O-])c1ccccc1. The van der Waals surface area contributed by atoms with E-state index in [1.54, 1.807) is 18.3 Å². The molecule has 58 valence electrons. The van der Waals surface area contributed by atoms with Crippen molar-refractivity contribution in [2.24, 2.45) is 0 Å². The molecule has 0 atom stereocenters. The van der Waals surface area contributed by atoms with Crippen molar-refractivity contribution in [1.82, 2.24) is 0 Å². The van der Waals surface area contributed by atoms with Crippen molar-refractivity contribution in [3.63, 3.8) is 0 Å². The summed E-state index contributed by atoms with van der Waals surface area (Å²) in [5, 5.41) is 11.1. The third-order valence-electron chi connectivity index (χ3n) is 1.36. The van der Waals surface area contributed by atoms with Crippen LogP contribution in [0.15, 0.2) is 30.3 Å². The lowest BCUT2D eigenvalue weighted by Crippen LogP contribution is -1.95. The largest absolute Gasteiger partial charge is 0.619 e. The van der Waals surface area contributed by atoms with Gasteiger partial charge in [0.15, 0.2) is 6.21 Å². The van der Waals surface area contributed by atoms with E-state index in [9.17, 15) is 5.21 Å². The molecule has 2 heteroatoms. The molecule has 0 N–H and O–H groups in total. The number of benzene rings is 1. The summed E-state index contributed by atoms with van der Waals surface area (Å²) in [6.07, 6.45) is 2.37. The lowest BCUT2D eigenvalue weighted by atomic mass is 10.3. The molecule has 1 rings (SSSR count). The van der Waals surface area contributed by atoms with E-state index in [0.29, 0.717) is 5.69 Å². The van der Waals surface area contributed by atoms with Crippen molar-refractivity contribution < 1.29 is 4.74 Å². The van der Waals surface area contributed by atoms with Gasteiger partial charge in [-0.05, 0) is 0 Å². The smallest absolute Gasteiger partial charge is 0.216 e. The van der Waals surface area contributed by atoms with E-state index in [2.05, 4.69) is 0 Å². The van der Waals surface area contributed by atoms with E-state index in [-0.39, 0.29) is 0 Å². The number of nitrogens with zero attached hydrogens (tertiary/aromatic N) is 1. The van der Waals surface area contributed by atoms with Crippen LogP contribution in [0.4, 0.5) is 5.69 Å². The second kappa shape index (κ2) is 3.76. The summed E-state index contributed by atoms with van der Waals surface area (Å²) in [4.78, 5) is 0. The molecule has 0 unspecified atom stereocenters. The number of hydrogen-bond donors (Lipinski definition) is 0. The Kier molecular flexibility index (Phi) is 2.66. The first-order valence-electron chi connectivity index (χ1n) is 3.69. The Morgan fingerprint density at radius 3 is 2.55 bits per heavy atom. The summed E-state index contributed by atoms with van der Waals surface area (Å²) >= 11 is 0. The molecule has 0 amide bonds. The van der Waals surface area contributed by atoms with Gasteiger partial charge in [0.05, 0.1) is 0 Å². The highest BCUT2D eigenvalue weighted by molar-refractivity contribution is 5.53. The minimum Gasteiger partial charge on any atom is -0.619 e. The molecule has 11 heavy (non-hydrogen) atoms. The first-order valence-corrected chi connectivity index (χ1v) is 3.69. The molecule has 0 aliphatic rings. The van der Waals surface area contributed by atoms with Crippen molar-refractivity contribution >= 4 is 11.9 Å². The molecular weight excluding hydrogens is 138 g/mol. The minimum atomic E-state index is 0.689. The van der Waals surface area contributed by atoms with E-state index < -0.39 is 0 Å². The molecule has 1 aromatic rings. The molecule has 2 nitrogen and oxygen atoms in total. The van der Waals surface area contributed by atoms with Crippen molar-refractivity contribution in [2.75, 3.05) is 0 Å². The second-order valence-electron chi connectivity index (χ2n) is 2.25. The van der Waals surface area contributed by atoms with Crippen LogP contribution >= 0.6 is 0 Å². The second-order valence-corrected chi connectivity index (χ2v) is 2.25. The van der Waals surface area contributed by atoms with Gasteiger partial charge in [-0.15, -0.1) is 0 Å². The van der Waals surface area contributed by atoms with Gasteiger partial charge in [0.1, 0.15) is 0 Å². The zero-order valence-electron chi connectivity index (χ0n) is 6.53. The average Bonchev–Trinajstić information content (AvgIpc) is 2.07. The monoisotopic (exact) mass is 149 g/mol. The molecular formula is C9H11NO. The Bertz CT molecular complexity index is 241. The number of hydrogen-bond acceptors (Lipinski definition) is 1. The van der Waals surface area contributed by atoms with E-state index in [1.165, 1.54) is 0 Å². The molecule has 0 aromatic heterocycles. The van der Waals surface area contributed by atoms with Gasteiger partial charge in [-0.2, -0.15) is 4.74 Å². The van der Waals surface area contributed by atoms with E-state index in [4.69, 9.17) is 0 Å². The van der Waals surface area contributed by atoms with Crippen LogP contribution in [0.2, 0.25) is 0 Å². The quantitative estimate of drug-likeness (QED) is 0.274. The summed E-state index contributed by atoms with van der Waals surface area (Å²) in [6.45, 7) is 1.94. The number of rotatable bonds is 2. The third-order valence-corrected chi connectivity index (χ3v) is 1.36. The summed E-state index contributed by atoms with van der Waals surface area (Å²) in [5.41, 5.74) is 0.689. The first kappa shape index (κ1) is 7.79.